The molecule has 1 aliphatic rings. The summed E-state index contributed by atoms with van der Waals surface area (Å²) in [6.07, 6.45) is -5.95. The van der Waals surface area contributed by atoms with Gasteiger partial charge in [0.25, 0.3) is 0 Å². The minimum Gasteiger partial charge on any atom is -0.481 e. The highest BCUT2D eigenvalue weighted by atomic mass is 127. The van der Waals surface area contributed by atoms with E-state index in [9.17, 15) is 23.8 Å². The van der Waals surface area contributed by atoms with E-state index in [1.807, 2.05) is 0 Å². The van der Waals surface area contributed by atoms with Crippen LogP contribution in [0.5, 0.6) is 0 Å². The summed E-state index contributed by atoms with van der Waals surface area (Å²) in [6, 6.07) is 0. The maximum atomic E-state index is 12.4. The topological polar surface area (TPSA) is 77.8 Å². The second-order valence-electron chi connectivity index (χ2n) is 3.20. The number of aliphatic hydroxyl groups excluding tert-OH is 2. The van der Waals surface area contributed by atoms with Gasteiger partial charge in [0.05, 0.1) is 18.1 Å². The molecule has 1 rings (SSSR count). The van der Waals surface area contributed by atoms with Gasteiger partial charge in [-0.25, -0.2) is 8.78 Å². The van der Waals surface area contributed by atoms with Crippen molar-refractivity contribution in [3.05, 3.63) is 0 Å². The lowest BCUT2D eigenvalue weighted by Crippen LogP contribution is -2.33. The van der Waals surface area contributed by atoms with Gasteiger partial charge in [0.1, 0.15) is 5.92 Å². The normalized spacial score (nSPS) is 43.1. The molecule has 0 amide bonds. The van der Waals surface area contributed by atoms with Crippen molar-refractivity contribution in [2.24, 2.45) is 11.8 Å². The van der Waals surface area contributed by atoms with Crippen LogP contribution in [0.1, 0.15) is 0 Å². The number of aliphatic hydroxyl groups is 2. The molecule has 0 aliphatic heterocycles. The summed E-state index contributed by atoms with van der Waals surface area (Å²) >= 11 is 1.55. The fraction of sp³-hybridized carbons (Fsp3) is 0.857. The lowest BCUT2D eigenvalue weighted by molar-refractivity contribution is -0.149. The molecule has 0 aromatic heterocycles. The van der Waals surface area contributed by atoms with E-state index in [4.69, 9.17) is 5.11 Å². The van der Waals surface area contributed by atoms with E-state index in [0.29, 0.717) is 0 Å². The highest BCUT2D eigenvalue weighted by molar-refractivity contribution is 14.1. The van der Waals surface area contributed by atoms with Gasteiger partial charge in [-0.2, -0.15) is 0 Å². The van der Waals surface area contributed by atoms with Gasteiger partial charge in [-0.1, -0.05) is 22.6 Å². The largest absolute Gasteiger partial charge is 0.481 e. The molecule has 0 bridgehead atoms. The maximum absolute atomic E-state index is 12.4. The molecule has 0 radical (unpaired) electrons. The van der Waals surface area contributed by atoms with E-state index in [0.717, 1.165) is 0 Å². The zero-order valence-corrected chi connectivity index (χ0v) is 9.01. The molecule has 1 aliphatic carbocycles. The van der Waals surface area contributed by atoms with E-state index >= 15 is 0 Å². The molecule has 5 atom stereocenters. The molecule has 3 N–H and O–H groups in total. The molecule has 4 nitrogen and oxygen atoms in total. The SMILES string of the molecule is O=C(O)C1C(O)C(I)C(C(F)F)C1O. The number of rotatable bonds is 2. The van der Waals surface area contributed by atoms with Crippen LogP contribution in [0.15, 0.2) is 0 Å². The highest BCUT2D eigenvalue weighted by Crippen LogP contribution is 2.40. The van der Waals surface area contributed by atoms with Crippen molar-refractivity contribution in [2.75, 3.05) is 0 Å². The second-order valence-corrected chi connectivity index (χ2v) is 4.64. The summed E-state index contributed by atoms with van der Waals surface area (Å²) in [5.74, 6) is -4.45. The van der Waals surface area contributed by atoms with Gasteiger partial charge in [-0.15, -0.1) is 0 Å². The number of carbonyl (C=O) groups is 1. The van der Waals surface area contributed by atoms with Crippen LogP contribution in [0.2, 0.25) is 0 Å². The minimum absolute atomic E-state index is 0.941. The average Bonchev–Trinajstić information content (AvgIpc) is 2.23. The van der Waals surface area contributed by atoms with Crippen molar-refractivity contribution in [2.45, 2.75) is 22.6 Å². The minimum atomic E-state index is -2.83. The van der Waals surface area contributed by atoms with Gasteiger partial charge < -0.3 is 15.3 Å². The van der Waals surface area contributed by atoms with Gasteiger partial charge >= 0.3 is 5.97 Å². The average molecular weight is 322 g/mol. The zero-order chi connectivity index (χ0) is 11.0. The number of hydrogen-bond donors (Lipinski definition) is 3. The van der Waals surface area contributed by atoms with E-state index in [2.05, 4.69) is 0 Å². The summed E-state index contributed by atoms with van der Waals surface area (Å²) in [7, 11) is 0. The fourth-order valence-electron chi connectivity index (χ4n) is 1.64. The maximum Gasteiger partial charge on any atom is 0.311 e. The van der Waals surface area contributed by atoms with Crippen LogP contribution in [0.4, 0.5) is 8.78 Å². The van der Waals surface area contributed by atoms with Gasteiger partial charge in [0.15, 0.2) is 0 Å². The summed E-state index contributed by atoms with van der Waals surface area (Å²) < 4.78 is 23.8. The Labute approximate surface area is 92.1 Å². The van der Waals surface area contributed by atoms with Crippen molar-refractivity contribution in [3.8, 4) is 0 Å². The van der Waals surface area contributed by atoms with Crippen LogP contribution in [0.3, 0.4) is 0 Å². The first-order valence-corrected chi connectivity index (χ1v) is 5.13. The number of halogens is 3. The molecule has 7 heteroatoms. The van der Waals surface area contributed by atoms with E-state index in [-0.39, 0.29) is 0 Å². The third-order valence-electron chi connectivity index (χ3n) is 2.40. The van der Waals surface area contributed by atoms with Crippen molar-refractivity contribution < 1.29 is 28.9 Å². The summed E-state index contributed by atoms with van der Waals surface area (Å²) in [6.45, 7) is 0. The van der Waals surface area contributed by atoms with Crippen LogP contribution in [0, 0.1) is 11.8 Å². The van der Waals surface area contributed by atoms with E-state index in [1.165, 1.54) is 0 Å². The van der Waals surface area contributed by atoms with Gasteiger partial charge in [-0.05, 0) is 0 Å². The lowest BCUT2D eigenvalue weighted by Gasteiger charge is -2.16. The Morgan fingerprint density at radius 3 is 2.00 bits per heavy atom. The van der Waals surface area contributed by atoms with Crippen molar-refractivity contribution in [1.29, 1.82) is 0 Å². The Morgan fingerprint density at radius 1 is 1.29 bits per heavy atom. The lowest BCUT2D eigenvalue weighted by atomic mass is 10.0. The van der Waals surface area contributed by atoms with Crippen molar-refractivity contribution in [1.82, 2.24) is 0 Å². The van der Waals surface area contributed by atoms with Crippen molar-refractivity contribution >= 4 is 28.6 Å². The van der Waals surface area contributed by atoms with Crippen LogP contribution < -0.4 is 0 Å². The molecule has 5 unspecified atom stereocenters. The van der Waals surface area contributed by atoms with Gasteiger partial charge in [0.2, 0.25) is 6.43 Å². The van der Waals surface area contributed by atoms with Crippen LogP contribution in [0.25, 0.3) is 0 Å². The molecule has 82 valence electrons. The molecule has 14 heavy (non-hydrogen) atoms. The standard InChI is InChI=1S/C7H9F2IO4/c8-6(9)1-3(10)5(12)2(4(1)11)7(13)14/h1-6,11-12H,(H,13,14). The molecule has 1 saturated carbocycles. The summed E-state index contributed by atoms with van der Waals surface area (Å²) in [5, 5.41) is 27.2. The first-order chi connectivity index (χ1) is 6.37. The second kappa shape index (κ2) is 4.23. The smallest absolute Gasteiger partial charge is 0.311 e. The third-order valence-corrected chi connectivity index (χ3v) is 3.97. The monoisotopic (exact) mass is 322 g/mol. The number of carboxylic acid groups (broad SMARTS) is 1. The van der Waals surface area contributed by atoms with Gasteiger partial charge in [0, 0.05) is 3.92 Å². The number of alkyl halides is 3. The van der Waals surface area contributed by atoms with Crippen molar-refractivity contribution in [3.63, 3.8) is 0 Å². The molecule has 1 fully saturated rings. The Balaban J connectivity index is 2.90. The molecular weight excluding hydrogens is 313 g/mol. The Morgan fingerprint density at radius 2 is 1.79 bits per heavy atom. The predicted molar refractivity (Wildman–Crippen MR) is 50.4 cm³/mol. The predicted octanol–water partition coefficient (Wildman–Crippen LogP) is 0.108. The quantitative estimate of drug-likeness (QED) is 0.498. The van der Waals surface area contributed by atoms with Crippen LogP contribution in [-0.2, 0) is 4.79 Å². The molecule has 0 aromatic rings. The summed E-state index contributed by atoms with van der Waals surface area (Å²) in [5.41, 5.74) is 0. The Hall–Kier alpha value is -0.0200. The number of aliphatic carboxylic acids is 1. The van der Waals surface area contributed by atoms with Crippen LogP contribution in [-0.4, -0.2) is 43.8 Å². The first-order valence-electron chi connectivity index (χ1n) is 3.89. The molecule has 0 spiro atoms. The molecule has 0 heterocycles. The van der Waals surface area contributed by atoms with E-state index in [1.54, 1.807) is 22.6 Å². The summed E-state index contributed by atoms with van der Waals surface area (Å²) in [4.78, 5) is 10.6. The molecular formula is C7H9F2IO4. The third kappa shape index (κ3) is 1.84. The fourth-order valence-corrected chi connectivity index (χ4v) is 2.82. The molecule has 0 saturated heterocycles. The number of carboxylic acids is 1. The van der Waals surface area contributed by atoms with Crippen LogP contribution >= 0.6 is 22.6 Å². The Kier molecular flexibility index (Phi) is 3.64. The number of hydrogen-bond acceptors (Lipinski definition) is 3. The highest BCUT2D eigenvalue weighted by Gasteiger charge is 2.55. The Bertz CT molecular complexity index is 238. The molecule has 0 aromatic carbocycles. The van der Waals surface area contributed by atoms with Gasteiger partial charge in [-0.3, -0.25) is 4.79 Å². The zero-order valence-electron chi connectivity index (χ0n) is 6.85. The first kappa shape index (κ1) is 12.1. The van der Waals surface area contributed by atoms with E-state index < -0.39 is 40.4 Å².